The molecule has 16 heavy (non-hydrogen) atoms. The number of carbonyl (C=O) groups is 1. The van der Waals surface area contributed by atoms with Crippen LogP contribution in [0.1, 0.15) is 40.5 Å². The van der Waals surface area contributed by atoms with Gasteiger partial charge in [-0.25, -0.2) is 0 Å². The topological polar surface area (TPSA) is 44.8 Å². The monoisotopic (exact) mass is 226 g/mol. The van der Waals surface area contributed by atoms with Gasteiger partial charge in [0.1, 0.15) is 0 Å². The second kappa shape index (κ2) is 3.74. The lowest BCUT2D eigenvalue weighted by atomic mass is 9.67. The first-order chi connectivity index (χ1) is 7.32. The van der Waals surface area contributed by atoms with Crippen LogP contribution >= 0.6 is 0 Å². The maximum Gasteiger partial charge on any atom is 0.461 e. The lowest BCUT2D eigenvalue weighted by Gasteiger charge is -2.32. The highest BCUT2D eigenvalue weighted by atomic mass is 16.7. The number of hydrogen-bond acceptors (Lipinski definition) is 4. The van der Waals surface area contributed by atoms with Crippen molar-refractivity contribution in [3.63, 3.8) is 0 Å². The van der Waals surface area contributed by atoms with Crippen molar-refractivity contribution in [3.05, 3.63) is 0 Å². The summed E-state index contributed by atoms with van der Waals surface area (Å²) >= 11 is 0. The van der Waals surface area contributed by atoms with Crippen LogP contribution in [0.4, 0.5) is 0 Å². The molecule has 0 aromatic heterocycles. The molecule has 2 aliphatic rings. The summed E-state index contributed by atoms with van der Waals surface area (Å²) in [5.41, 5.74) is -0.641. The van der Waals surface area contributed by atoms with E-state index in [0.29, 0.717) is 13.0 Å². The standard InChI is InChI=1S/C11H19BO4/c1-10(2)11(3,4)16-12(15-10)8-5-6-14-9(13)7-8/h8H,5-7H2,1-4H3/t8-/m0/s1. The molecule has 0 aromatic rings. The molecule has 2 fully saturated rings. The third-order valence-corrected chi connectivity index (χ3v) is 3.84. The van der Waals surface area contributed by atoms with Crippen LogP contribution in [-0.4, -0.2) is 30.9 Å². The lowest BCUT2D eigenvalue weighted by molar-refractivity contribution is -0.147. The van der Waals surface area contributed by atoms with Gasteiger partial charge in [0.05, 0.1) is 17.8 Å². The van der Waals surface area contributed by atoms with Crippen molar-refractivity contribution >= 4 is 13.1 Å². The smallest absolute Gasteiger partial charge is 0.461 e. The molecule has 0 bridgehead atoms. The van der Waals surface area contributed by atoms with Gasteiger partial charge in [0.15, 0.2) is 0 Å². The first-order valence-electron chi connectivity index (χ1n) is 5.83. The van der Waals surface area contributed by atoms with E-state index in [1.807, 2.05) is 27.7 Å². The highest BCUT2D eigenvalue weighted by Gasteiger charge is 2.54. The van der Waals surface area contributed by atoms with Crippen LogP contribution in [0.25, 0.3) is 0 Å². The number of rotatable bonds is 1. The van der Waals surface area contributed by atoms with E-state index in [0.717, 1.165) is 6.42 Å². The second-order valence-corrected chi connectivity index (χ2v) is 5.60. The Balaban J connectivity index is 2.05. The van der Waals surface area contributed by atoms with E-state index in [-0.39, 0.29) is 30.1 Å². The number of ether oxygens (including phenoxy) is 1. The van der Waals surface area contributed by atoms with Gasteiger partial charge in [-0.2, -0.15) is 0 Å². The van der Waals surface area contributed by atoms with E-state index in [9.17, 15) is 4.79 Å². The van der Waals surface area contributed by atoms with Crippen molar-refractivity contribution in [1.29, 1.82) is 0 Å². The molecule has 5 heteroatoms. The Morgan fingerprint density at radius 3 is 2.25 bits per heavy atom. The maximum atomic E-state index is 11.2. The largest absolute Gasteiger partial charge is 0.466 e. The van der Waals surface area contributed by atoms with E-state index in [4.69, 9.17) is 14.0 Å². The Hall–Kier alpha value is -0.545. The van der Waals surface area contributed by atoms with Gasteiger partial charge in [-0.1, -0.05) is 0 Å². The Labute approximate surface area is 96.8 Å². The highest BCUT2D eigenvalue weighted by Crippen LogP contribution is 2.42. The summed E-state index contributed by atoms with van der Waals surface area (Å²) in [5.74, 6) is -0.0201. The molecule has 0 N–H and O–H groups in total. The number of hydrogen-bond donors (Lipinski definition) is 0. The third-order valence-electron chi connectivity index (χ3n) is 3.84. The second-order valence-electron chi connectivity index (χ2n) is 5.60. The third kappa shape index (κ3) is 1.98. The molecule has 2 rings (SSSR count). The summed E-state index contributed by atoms with van der Waals surface area (Å²) < 4.78 is 16.8. The zero-order valence-electron chi connectivity index (χ0n) is 10.4. The fourth-order valence-electron chi connectivity index (χ4n) is 2.01. The van der Waals surface area contributed by atoms with Gasteiger partial charge in [0.25, 0.3) is 0 Å². The van der Waals surface area contributed by atoms with Crippen LogP contribution < -0.4 is 0 Å². The van der Waals surface area contributed by atoms with E-state index in [2.05, 4.69) is 0 Å². The van der Waals surface area contributed by atoms with Gasteiger partial charge in [-0.15, -0.1) is 0 Å². The van der Waals surface area contributed by atoms with Crippen LogP contribution in [0.3, 0.4) is 0 Å². The van der Waals surface area contributed by atoms with Crippen molar-refractivity contribution in [2.45, 2.75) is 57.6 Å². The predicted molar refractivity (Wildman–Crippen MR) is 60.0 cm³/mol. The molecule has 2 heterocycles. The van der Waals surface area contributed by atoms with Gasteiger partial charge < -0.3 is 14.0 Å². The molecule has 0 unspecified atom stereocenters. The molecular weight excluding hydrogens is 207 g/mol. The molecule has 4 nitrogen and oxygen atoms in total. The van der Waals surface area contributed by atoms with Crippen LogP contribution in [-0.2, 0) is 18.8 Å². The quantitative estimate of drug-likeness (QED) is 0.505. The predicted octanol–water partition coefficient (Wildman–Crippen LogP) is 1.79. The molecular formula is C11H19BO4. The number of esters is 1. The maximum absolute atomic E-state index is 11.2. The summed E-state index contributed by atoms with van der Waals surface area (Å²) in [4.78, 5) is 11.2. The Morgan fingerprint density at radius 1 is 1.19 bits per heavy atom. The SMILES string of the molecule is CC1(C)OB([C@H]2CCOC(=O)C2)OC1(C)C. The number of cyclic esters (lactones) is 1. The summed E-state index contributed by atoms with van der Waals surface area (Å²) in [5, 5.41) is 0. The van der Waals surface area contributed by atoms with Crippen molar-refractivity contribution in [2.75, 3.05) is 6.61 Å². The first-order valence-corrected chi connectivity index (χ1v) is 5.83. The minimum absolute atomic E-state index is 0.127. The normalized spacial score (nSPS) is 32.6. The molecule has 0 aliphatic carbocycles. The summed E-state index contributed by atoms with van der Waals surface area (Å²) in [6, 6.07) is 0. The van der Waals surface area contributed by atoms with E-state index in [1.165, 1.54) is 0 Å². The molecule has 0 saturated carbocycles. The minimum atomic E-state index is -0.320. The zero-order chi connectivity index (χ0) is 12.0. The summed E-state index contributed by atoms with van der Waals surface area (Å²) in [7, 11) is -0.280. The molecule has 0 amide bonds. The molecule has 0 spiro atoms. The zero-order valence-corrected chi connectivity index (χ0v) is 10.4. The van der Waals surface area contributed by atoms with E-state index >= 15 is 0 Å². The molecule has 90 valence electrons. The van der Waals surface area contributed by atoms with Crippen LogP contribution in [0, 0.1) is 0 Å². The van der Waals surface area contributed by atoms with Gasteiger partial charge in [-0.3, -0.25) is 4.79 Å². The minimum Gasteiger partial charge on any atom is -0.466 e. The van der Waals surface area contributed by atoms with E-state index in [1.54, 1.807) is 0 Å². The summed E-state index contributed by atoms with van der Waals surface area (Å²) in [6.07, 6.45) is 1.22. The Morgan fingerprint density at radius 2 is 1.75 bits per heavy atom. The van der Waals surface area contributed by atoms with E-state index < -0.39 is 0 Å². The average molecular weight is 226 g/mol. The molecule has 1 atom stereocenters. The van der Waals surface area contributed by atoms with Crippen molar-refractivity contribution in [3.8, 4) is 0 Å². The van der Waals surface area contributed by atoms with Gasteiger partial charge in [-0.05, 0) is 34.1 Å². The average Bonchev–Trinajstić information content (AvgIpc) is 2.36. The molecule has 0 aromatic carbocycles. The molecule has 0 radical (unpaired) electrons. The highest BCUT2D eigenvalue weighted by molar-refractivity contribution is 6.48. The lowest BCUT2D eigenvalue weighted by Crippen LogP contribution is -2.41. The molecule has 2 aliphatic heterocycles. The first kappa shape index (κ1) is 11.9. The number of carbonyl (C=O) groups excluding carboxylic acids is 1. The fraction of sp³-hybridized carbons (Fsp3) is 0.909. The van der Waals surface area contributed by atoms with Gasteiger partial charge >= 0.3 is 13.1 Å². The molecule has 2 saturated heterocycles. The van der Waals surface area contributed by atoms with Crippen LogP contribution in [0.15, 0.2) is 0 Å². The Bertz CT molecular complexity index is 284. The van der Waals surface area contributed by atoms with Crippen molar-refractivity contribution < 1.29 is 18.8 Å². The Kier molecular flexibility index (Phi) is 2.79. The van der Waals surface area contributed by atoms with Crippen LogP contribution in [0.5, 0.6) is 0 Å². The van der Waals surface area contributed by atoms with Gasteiger partial charge in [0, 0.05) is 12.2 Å². The van der Waals surface area contributed by atoms with Crippen LogP contribution in [0.2, 0.25) is 5.82 Å². The van der Waals surface area contributed by atoms with Crippen molar-refractivity contribution in [2.24, 2.45) is 0 Å². The van der Waals surface area contributed by atoms with Gasteiger partial charge in [0.2, 0.25) is 0 Å². The van der Waals surface area contributed by atoms with Crippen molar-refractivity contribution in [1.82, 2.24) is 0 Å². The summed E-state index contributed by atoms with van der Waals surface area (Å²) in [6.45, 7) is 8.57. The fourth-order valence-corrected chi connectivity index (χ4v) is 2.01.